The van der Waals surface area contributed by atoms with Gasteiger partial charge in [0.05, 0.1) is 6.54 Å². The Morgan fingerprint density at radius 2 is 1.90 bits per heavy atom. The maximum absolute atomic E-state index is 11.7. The fourth-order valence-electron chi connectivity index (χ4n) is 1.47. The number of rotatable bonds is 3. The van der Waals surface area contributed by atoms with Gasteiger partial charge >= 0.3 is 0 Å². The summed E-state index contributed by atoms with van der Waals surface area (Å²) in [4.78, 5) is 11.7. The van der Waals surface area contributed by atoms with Crippen LogP contribution in [0.1, 0.15) is 16.1 Å². The van der Waals surface area contributed by atoms with E-state index in [0.29, 0.717) is 0 Å². The van der Waals surface area contributed by atoms with Crippen LogP contribution in [0.15, 0.2) is 52.0 Å². The third kappa shape index (κ3) is 4.21. The molecule has 6 nitrogen and oxygen atoms in total. The molecule has 108 valence electrons. The highest BCUT2D eigenvalue weighted by Gasteiger charge is 2.16. The third-order valence-electron chi connectivity index (χ3n) is 2.43. The SMILES string of the molecule is NS(=O)(=O)c1ccc(C(=O)NCC#Cc2ccccc2)o1. The zero-order valence-electron chi connectivity index (χ0n) is 10.9. The lowest BCUT2D eigenvalue weighted by molar-refractivity contribution is 0.0926. The number of carbonyl (C=O) groups is 1. The zero-order valence-corrected chi connectivity index (χ0v) is 11.7. The second-order valence-electron chi connectivity index (χ2n) is 4.01. The number of hydrogen-bond donors (Lipinski definition) is 2. The van der Waals surface area contributed by atoms with Crippen LogP contribution in [0, 0.1) is 11.8 Å². The largest absolute Gasteiger partial charge is 0.438 e. The van der Waals surface area contributed by atoms with Gasteiger partial charge in [0.25, 0.3) is 15.9 Å². The molecule has 0 bridgehead atoms. The van der Waals surface area contributed by atoms with Crippen molar-refractivity contribution in [1.82, 2.24) is 5.32 Å². The zero-order chi connectivity index (χ0) is 15.3. The Bertz CT molecular complexity index is 798. The Hall–Kier alpha value is -2.56. The van der Waals surface area contributed by atoms with Crippen molar-refractivity contribution in [2.24, 2.45) is 5.14 Å². The molecule has 0 atom stereocenters. The highest BCUT2D eigenvalue weighted by molar-refractivity contribution is 7.89. The summed E-state index contributed by atoms with van der Waals surface area (Å²) in [6, 6.07) is 11.7. The molecule has 0 spiro atoms. The van der Waals surface area contributed by atoms with Gasteiger partial charge in [-0.3, -0.25) is 4.79 Å². The number of benzene rings is 1. The van der Waals surface area contributed by atoms with Crippen LogP contribution in [0.2, 0.25) is 0 Å². The van der Waals surface area contributed by atoms with Crippen LogP contribution >= 0.6 is 0 Å². The minimum atomic E-state index is -3.95. The first-order valence-corrected chi connectivity index (χ1v) is 7.46. The summed E-state index contributed by atoms with van der Waals surface area (Å²) in [5, 5.41) is 6.92. The van der Waals surface area contributed by atoms with Gasteiger partial charge in [0.1, 0.15) is 0 Å². The van der Waals surface area contributed by atoms with Gasteiger partial charge in [-0.25, -0.2) is 13.6 Å². The van der Waals surface area contributed by atoms with Gasteiger partial charge in [-0.2, -0.15) is 0 Å². The highest BCUT2D eigenvalue weighted by atomic mass is 32.2. The second-order valence-corrected chi connectivity index (χ2v) is 5.51. The first-order chi connectivity index (χ1) is 9.97. The normalized spacial score (nSPS) is 10.5. The van der Waals surface area contributed by atoms with Gasteiger partial charge in [0.15, 0.2) is 5.76 Å². The molecule has 21 heavy (non-hydrogen) atoms. The summed E-state index contributed by atoms with van der Waals surface area (Å²) < 4.78 is 26.9. The molecule has 2 aromatic rings. The minimum Gasteiger partial charge on any atom is -0.438 e. The lowest BCUT2D eigenvalue weighted by atomic mass is 10.2. The molecular formula is C14H12N2O4S. The first kappa shape index (κ1) is 14.8. The fourth-order valence-corrected chi connectivity index (χ4v) is 1.94. The number of primary sulfonamides is 1. The van der Waals surface area contributed by atoms with E-state index < -0.39 is 21.0 Å². The van der Waals surface area contributed by atoms with Crippen LogP contribution in [-0.4, -0.2) is 20.9 Å². The Balaban J connectivity index is 1.94. The van der Waals surface area contributed by atoms with E-state index >= 15 is 0 Å². The van der Waals surface area contributed by atoms with E-state index in [-0.39, 0.29) is 12.3 Å². The molecule has 3 N–H and O–H groups in total. The maximum Gasteiger partial charge on any atom is 0.287 e. The Morgan fingerprint density at radius 1 is 1.19 bits per heavy atom. The molecular weight excluding hydrogens is 292 g/mol. The van der Waals surface area contributed by atoms with Gasteiger partial charge in [-0.15, -0.1) is 0 Å². The lowest BCUT2D eigenvalue weighted by Gasteiger charge is -1.97. The van der Waals surface area contributed by atoms with Crippen molar-refractivity contribution in [3.05, 3.63) is 53.8 Å². The minimum absolute atomic E-state index is 0.110. The predicted octanol–water partition coefficient (Wildman–Crippen LogP) is 0.708. The number of carbonyl (C=O) groups excluding carboxylic acids is 1. The molecule has 1 aromatic carbocycles. The number of furan rings is 1. The lowest BCUT2D eigenvalue weighted by Crippen LogP contribution is -2.23. The van der Waals surface area contributed by atoms with E-state index in [1.165, 1.54) is 6.07 Å². The Labute approximate surface area is 122 Å². The van der Waals surface area contributed by atoms with E-state index in [1.54, 1.807) is 0 Å². The fraction of sp³-hybridized carbons (Fsp3) is 0.0714. The van der Waals surface area contributed by atoms with Crippen molar-refractivity contribution < 1.29 is 17.6 Å². The Morgan fingerprint density at radius 3 is 2.52 bits per heavy atom. The molecule has 2 rings (SSSR count). The molecule has 0 radical (unpaired) electrons. The van der Waals surface area contributed by atoms with Crippen LogP contribution in [0.4, 0.5) is 0 Å². The van der Waals surface area contributed by atoms with Crippen molar-refractivity contribution in [3.63, 3.8) is 0 Å². The molecule has 0 aliphatic rings. The topological polar surface area (TPSA) is 102 Å². The number of nitrogens with one attached hydrogen (secondary N) is 1. The molecule has 1 amide bonds. The van der Waals surface area contributed by atoms with Crippen molar-refractivity contribution in [2.45, 2.75) is 5.09 Å². The molecule has 0 unspecified atom stereocenters. The van der Waals surface area contributed by atoms with Crippen LogP contribution in [0.3, 0.4) is 0 Å². The van der Waals surface area contributed by atoms with Crippen LogP contribution in [0.25, 0.3) is 0 Å². The van der Waals surface area contributed by atoms with E-state index in [4.69, 9.17) is 9.56 Å². The average molecular weight is 304 g/mol. The van der Waals surface area contributed by atoms with Crippen LogP contribution in [0.5, 0.6) is 0 Å². The van der Waals surface area contributed by atoms with Crippen molar-refractivity contribution in [2.75, 3.05) is 6.54 Å². The summed E-state index contributed by atoms with van der Waals surface area (Å²) in [6.45, 7) is 0.110. The molecule has 0 saturated carbocycles. The second kappa shape index (κ2) is 6.26. The third-order valence-corrected chi connectivity index (χ3v) is 3.21. The number of sulfonamides is 1. The van der Waals surface area contributed by atoms with Crippen molar-refractivity contribution >= 4 is 15.9 Å². The molecule has 1 aromatic heterocycles. The van der Waals surface area contributed by atoms with Gasteiger partial charge < -0.3 is 9.73 Å². The highest BCUT2D eigenvalue weighted by Crippen LogP contribution is 2.11. The van der Waals surface area contributed by atoms with Gasteiger partial charge in [0.2, 0.25) is 5.09 Å². The standard InChI is InChI=1S/C14H12N2O4S/c15-21(18,19)13-9-8-12(20-13)14(17)16-10-4-7-11-5-2-1-3-6-11/h1-3,5-6,8-9H,10H2,(H,16,17)(H2,15,18,19). The quantitative estimate of drug-likeness (QED) is 0.815. The number of nitrogens with two attached hydrogens (primary N) is 1. The summed E-state index contributed by atoms with van der Waals surface area (Å²) in [5.41, 5.74) is 0.834. The average Bonchev–Trinajstić information content (AvgIpc) is 2.94. The smallest absolute Gasteiger partial charge is 0.287 e. The molecule has 1 heterocycles. The van der Waals surface area contributed by atoms with Crippen molar-refractivity contribution in [3.8, 4) is 11.8 Å². The Kier molecular flexibility index (Phi) is 4.42. The molecule has 0 fully saturated rings. The molecule has 7 heteroatoms. The summed E-state index contributed by atoms with van der Waals surface area (Å²) in [5.74, 6) is 4.94. The molecule has 0 saturated heterocycles. The van der Waals surface area contributed by atoms with E-state index in [0.717, 1.165) is 11.6 Å². The van der Waals surface area contributed by atoms with Crippen LogP contribution in [-0.2, 0) is 10.0 Å². The predicted molar refractivity (Wildman–Crippen MR) is 75.7 cm³/mol. The number of amides is 1. The van der Waals surface area contributed by atoms with E-state index in [9.17, 15) is 13.2 Å². The van der Waals surface area contributed by atoms with Crippen LogP contribution < -0.4 is 10.5 Å². The molecule has 0 aliphatic carbocycles. The maximum atomic E-state index is 11.7. The van der Waals surface area contributed by atoms with E-state index in [1.807, 2.05) is 30.3 Å². The summed E-state index contributed by atoms with van der Waals surface area (Å²) in [6.07, 6.45) is 0. The van der Waals surface area contributed by atoms with Gasteiger partial charge in [0, 0.05) is 5.56 Å². The van der Waals surface area contributed by atoms with Crippen molar-refractivity contribution in [1.29, 1.82) is 0 Å². The van der Waals surface area contributed by atoms with Gasteiger partial charge in [-0.05, 0) is 24.3 Å². The number of hydrogen-bond acceptors (Lipinski definition) is 4. The molecule has 0 aliphatic heterocycles. The monoisotopic (exact) mass is 304 g/mol. The summed E-state index contributed by atoms with van der Waals surface area (Å²) in [7, 11) is -3.95. The van der Waals surface area contributed by atoms with E-state index in [2.05, 4.69) is 17.2 Å². The summed E-state index contributed by atoms with van der Waals surface area (Å²) >= 11 is 0. The first-order valence-electron chi connectivity index (χ1n) is 5.91. The van der Waals surface area contributed by atoms with Gasteiger partial charge in [-0.1, -0.05) is 30.0 Å².